The summed E-state index contributed by atoms with van der Waals surface area (Å²) in [6, 6.07) is 0. The molecule has 2 fully saturated rings. The van der Waals surface area contributed by atoms with Crippen molar-refractivity contribution in [3.05, 3.63) is 12.2 Å². The average molecular weight is 577 g/mol. The number of hydrogen-bond acceptors (Lipinski definition) is 6. The fourth-order valence-electron chi connectivity index (χ4n) is 4.41. The third-order valence-corrected chi connectivity index (χ3v) is 6.54. The highest BCUT2D eigenvalue weighted by atomic mass is 127. The molecule has 2 aliphatic heterocycles. The summed E-state index contributed by atoms with van der Waals surface area (Å²) < 4.78 is 7.56. The summed E-state index contributed by atoms with van der Waals surface area (Å²) in [6.07, 6.45) is 7.77. The second-order valence-electron chi connectivity index (χ2n) is 9.48. The van der Waals surface area contributed by atoms with E-state index in [2.05, 4.69) is 56.0 Å². The fraction of sp³-hybridized carbons (Fsp3) is 0.870. The normalized spacial score (nSPS) is 18.7. The minimum atomic E-state index is 0. The van der Waals surface area contributed by atoms with Crippen LogP contribution in [0.2, 0.25) is 0 Å². The fourth-order valence-corrected chi connectivity index (χ4v) is 4.41. The van der Waals surface area contributed by atoms with E-state index < -0.39 is 0 Å². The van der Waals surface area contributed by atoms with Crippen LogP contribution in [0.15, 0.2) is 11.3 Å². The number of likely N-dealkylation sites (tertiary alicyclic amines) is 1. The first-order valence-electron chi connectivity index (χ1n) is 12.5. The molecule has 3 rings (SSSR count). The van der Waals surface area contributed by atoms with E-state index in [0.717, 1.165) is 83.7 Å². The number of nitrogens with zero attached hydrogens (tertiary/aromatic N) is 6. The third-order valence-electron chi connectivity index (χ3n) is 6.54. The smallest absolute Gasteiger partial charge is 0.191 e. The van der Waals surface area contributed by atoms with Crippen molar-refractivity contribution < 1.29 is 4.74 Å². The van der Waals surface area contributed by atoms with Gasteiger partial charge in [-0.25, -0.2) is 0 Å². The first-order chi connectivity index (χ1) is 15.6. The molecule has 0 aromatic carbocycles. The van der Waals surface area contributed by atoms with Crippen molar-refractivity contribution in [1.82, 2.24) is 35.2 Å². The number of morpholine rings is 1. The van der Waals surface area contributed by atoms with E-state index in [1.165, 1.54) is 32.4 Å². The molecule has 10 heteroatoms. The van der Waals surface area contributed by atoms with E-state index >= 15 is 0 Å². The highest BCUT2D eigenvalue weighted by molar-refractivity contribution is 14.0. The van der Waals surface area contributed by atoms with Crippen LogP contribution in [0.5, 0.6) is 0 Å². The minimum absolute atomic E-state index is 0. The van der Waals surface area contributed by atoms with Gasteiger partial charge >= 0.3 is 0 Å². The van der Waals surface area contributed by atoms with Crippen molar-refractivity contribution in [3.8, 4) is 0 Å². The number of piperidine rings is 1. The zero-order valence-corrected chi connectivity index (χ0v) is 23.2. The summed E-state index contributed by atoms with van der Waals surface area (Å²) in [6.45, 7) is 17.4. The molecular weight excluding hydrogens is 531 g/mol. The predicted octanol–water partition coefficient (Wildman–Crippen LogP) is 1.98. The summed E-state index contributed by atoms with van der Waals surface area (Å²) >= 11 is 0. The van der Waals surface area contributed by atoms with Crippen molar-refractivity contribution in [2.24, 2.45) is 4.99 Å². The Morgan fingerprint density at radius 1 is 1.06 bits per heavy atom. The van der Waals surface area contributed by atoms with Gasteiger partial charge in [-0.1, -0.05) is 13.3 Å². The van der Waals surface area contributed by atoms with Gasteiger partial charge < -0.3 is 19.9 Å². The first kappa shape index (κ1) is 28.3. The molecule has 0 bridgehead atoms. The van der Waals surface area contributed by atoms with Crippen molar-refractivity contribution in [2.75, 3.05) is 65.6 Å². The second-order valence-corrected chi connectivity index (χ2v) is 9.48. The topological polar surface area (TPSA) is 82.8 Å². The molecule has 2 N–H and O–H groups in total. The van der Waals surface area contributed by atoms with Crippen LogP contribution in [0, 0.1) is 0 Å². The van der Waals surface area contributed by atoms with Gasteiger partial charge in [-0.3, -0.25) is 14.8 Å². The molecule has 0 saturated carbocycles. The van der Waals surface area contributed by atoms with Crippen LogP contribution in [0.25, 0.3) is 0 Å². The lowest BCUT2D eigenvalue weighted by Crippen LogP contribution is -2.50. The number of ether oxygens (including phenoxy) is 1. The van der Waals surface area contributed by atoms with Crippen LogP contribution in [0.3, 0.4) is 0 Å². The van der Waals surface area contributed by atoms with E-state index in [1.807, 2.05) is 6.33 Å². The number of aryl methyl sites for hydroxylation is 1. The zero-order chi connectivity index (χ0) is 22.7. The number of aromatic nitrogens is 3. The van der Waals surface area contributed by atoms with Crippen LogP contribution >= 0.6 is 24.0 Å². The van der Waals surface area contributed by atoms with E-state index in [1.54, 1.807) is 0 Å². The maximum atomic E-state index is 5.45. The Kier molecular flexibility index (Phi) is 12.9. The Morgan fingerprint density at radius 3 is 2.52 bits per heavy atom. The Labute approximate surface area is 217 Å². The number of halogens is 1. The Bertz CT molecular complexity index is 684. The van der Waals surface area contributed by atoms with E-state index in [-0.39, 0.29) is 29.5 Å². The van der Waals surface area contributed by atoms with Crippen LogP contribution in [-0.4, -0.2) is 102 Å². The van der Waals surface area contributed by atoms with Gasteiger partial charge in [0, 0.05) is 44.7 Å². The maximum Gasteiger partial charge on any atom is 0.191 e. The predicted molar refractivity (Wildman–Crippen MR) is 145 cm³/mol. The van der Waals surface area contributed by atoms with Gasteiger partial charge in [-0.2, -0.15) is 0 Å². The number of nitrogens with one attached hydrogen (secondary N) is 2. The van der Waals surface area contributed by atoms with Gasteiger partial charge in [0.2, 0.25) is 0 Å². The second kappa shape index (κ2) is 15.1. The molecular formula is C23H45IN8O. The maximum absolute atomic E-state index is 5.45. The molecule has 0 atom stereocenters. The van der Waals surface area contributed by atoms with Gasteiger partial charge in [-0.15, -0.1) is 34.2 Å². The third kappa shape index (κ3) is 9.65. The van der Waals surface area contributed by atoms with Crippen molar-refractivity contribution >= 4 is 29.9 Å². The van der Waals surface area contributed by atoms with Gasteiger partial charge in [-0.05, 0) is 52.7 Å². The quantitative estimate of drug-likeness (QED) is 0.181. The van der Waals surface area contributed by atoms with E-state index in [9.17, 15) is 0 Å². The van der Waals surface area contributed by atoms with Crippen molar-refractivity contribution in [2.45, 2.75) is 65.0 Å². The van der Waals surface area contributed by atoms with Crippen LogP contribution in [0.4, 0.5) is 0 Å². The lowest BCUT2D eigenvalue weighted by molar-refractivity contribution is 0.0376. The average Bonchev–Trinajstić information content (AvgIpc) is 3.28. The molecule has 0 unspecified atom stereocenters. The molecule has 9 nitrogen and oxygen atoms in total. The van der Waals surface area contributed by atoms with Gasteiger partial charge in [0.25, 0.3) is 0 Å². The highest BCUT2D eigenvalue weighted by Gasteiger charge is 2.27. The minimum Gasteiger partial charge on any atom is -0.379 e. The molecule has 1 aromatic rings. The lowest BCUT2D eigenvalue weighted by Gasteiger charge is -2.40. The van der Waals surface area contributed by atoms with E-state index in [0.29, 0.717) is 0 Å². The summed E-state index contributed by atoms with van der Waals surface area (Å²) in [7, 11) is 0. The molecule has 190 valence electrons. The van der Waals surface area contributed by atoms with Crippen molar-refractivity contribution in [3.63, 3.8) is 0 Å². The molecule has 0 aliphatic carbocycles. The number of hydrogen-bond donors (Lipinski definition) is 2. The molecule has 0 spiro atoms. The Balaban J connectivity index is 0.00000385. The van der Waals surface area contributed by atoms with E-state index in [4.69, 9.17) is 9.73 Å². The van der Waals surface area contributed by atoms with Crippen molar-refractivity contribution in [1.29, 1.82) is 0 Å². The summed E-state index contributed by atoms with van der Waals surface area (Å²) in [5.41, 5.74) is 0.0759. The molecule has 0 radical (unpaired) electrons. The monoisotopic (exact) mass is 576 g/mol. The molecule has 2 saturated heterocycles. The molecule has 1 aromatic heterocycles. The largest absolute Gasteiger partial charge is 0.379 e. The van der Waals surface area contributed by atoms with Gasteiger partial charge in [0.1, 0.15) is 12.2 Å². The SMILES string of the molecule is CCc1nncn1CCNC(=NCC(C)(C)N1CCCCC1)NCCCN1CCOCC1.I. The summed E-state index contributed by atoms with van der Waals surface area (Å²) in [5, 5.41) is 15.3. The molecule has 3 heterocycles. The molecule has 2 aliphatic rings. The zero-order valence-electron chi connectivity index (χ0n) is 20.9. The number of aliphatic imine (C=N–C) groups is 1. The van der Waals surface area contributed by atoms with Gasteiger partial charge in [0.05, 0.1) is 19.8 Å². The van der Waals surface area contributed by atoms with Crippen LogP contribution in [0.1, 0.15) is 52.3 Å². The number of rotatable bonds is 11. The highest BCUT2D eigenvalue weighted by Crippen LogP contribution is 2.20. The summed E-state index contributed by atoms with van der Waals surface area (Å²) in [4.78, 5) is 10.1. The molecule has 0 amide bonds. The van der Waals surface area contributed by atoms with Crippen LogP contribution < -0.4 is 10.6 Å². The number of guanidine groups is 1. The first-order valence-corrected chi connectivity index (χ1v) is 12.5. The van der Waals surface area contributed by atoms with Crippen LogP contribution in [-0.2, 0) is 17.7 Å². The Morgan fingerprint density at radius 2 is 1.79 bits per heavy atom. The Hall–Kier alpha value is -0.980. The lowest BCUT2D eigenvalue weighted by atomic mass is 9.99. The molecule has 33 heavy (non-hydrogen) atoms. The van der Waals surface area contributed by atoms with Gasteiger partial charge in [0.15, 0.2) is 5.96 Å². The summed E-state index contributed by atoms with van der Waals surface area (Å²) in [5.74, 6) is 1.93. The standard InChI is InChI=1S/C23H44N8O.HI/c1-4-21-28-27-20-30(21)14-10-25-22(24-9-8-11-29-15-17-32-18-16-29)26-19-23(2,3)31-12-6-5-7-13-31;/h20H,4-19H2,1-3H3,(H2,24,25,26);1H.